The largest absolute Gasteiger partial charge is 0.356 e. The zero-order valence-corrected chi connectivity index (χ0v) is 20.0. The van der Waals surface area contributed by atoms with Crippen LogP contribution < -0.4 is 0 Å². The molecule has 3 heterocycles. The number of fused-ring (bicyclic) bond motifs is 4. The van der Waals surface area contributed by atoms with Crippen molar-refractivity contribution in [1.29, 1.82) is 0 Å². The lowest BCUT2D eigenvalue weighted by atomic mass is 9.86. The van der Waals surface area contributed by atoms with Crippen molar-refractivity contribution in [2.45, 2.75) is 37.8 Å². The van der Waals surface area contributed by atoms with E-state index in [0.717, 1.165) is 40.6 Å². The van der Waals surface area contributed by atoms with Gasteiger partial charge in [0, 0.05) is 29.6 Å². The molecule has 0 bridgehead atoms. The molecule has 1 fully saturated rings. The molecule has 2 atom stereocenters. The topological polar surface area (TPSA) is 56.4 Å². The number of carbonyl (C=O) groups is 2. The molecule has 6 rings (SSSR count). The van der Waals surface area contributed by atoms with E-state index in [2.05, 4.69) is 29.2 Å². The van der Waals surface area contributed by atoms with Gasteiger partial charge < -0.3 is 14.8 Å². The number of hydrogen-bond acceptors (Lipinski definition) is 2. The van der Waals surface area contributed by atoms with Gasteiger partial charge >= 0.3 is 0 Å². The van der Waals surface area contributed by atoms with Gasteiger partial charge in [0.05, 0.1) is 12.6 Å². The Balaban J connectivity index is 1.30. The van der Waals surface area contributed by atoms with Crippen molar-refractivity contribution in [2.24, 2.45) is 0 Å². The van der Waals surface area contributed by atoms with Gasteiger partial charge in [-0.25, -0.2) is 4.39 Å². The summed E-state index contributed by atoms with van der Waals surface area (Å²) in [6.45, 7) is 0.518. The monoisotopic (exact) mass is 481 g/mol. The maximum atomic E-state index is 13.7. The third-order valence-electron chi connectivity index (χ3n) is 7.59. The van der Waals surface area contributed by atoms with Gasteiger partial charge in [-0.2, -0.15) is 0 Å². The van der Waals surface area contributed by atoms with Crippen molar-refractivity contribution >= 4 is 22.7 Å². The van der Waals surface area contributed by atoms with Crippen molar-refractivity contribution in [3.63, 3.8) is 0 Å². The lowest BCUT2D eigenvalue weighted by Gasteiger charge is -2.47. The summed E-state index contributed by atoms with van der Waals surface area (Å²) in [7, 11) is 0. The molecule has 3 aromatic carbocycles. The molecule has 182 valence electrons. The van der Waals surface area contributed by atoms with Crippen LogP contribution >= 0.6 is 0 Å². The second-order valence-electron chi connectivity index (χ2n) is 9.76. The summed E-state index contributed by atoms with van der Waals surface area (Å²) in [6, 6.07) is 24.1. The number of halogens is 1. The van der Waals surface area contributed by atoms with Gasteiger partial charge in [-0.15, -0.1) is 0 Å². The van der Waals surface area contributed by atoms with Crippen LogP contribution in [0.1, 0.15) is 34.8 Å². The number of H-pyrrole nitrogens is 1. The Labute approximate surface area is 209 Å². The van der Waals surface area contributed by atoms with Crippen molar-refractivity contribution in [1.82, 2.24) is 14.8 Å². The van der Waals surface area contributed by atoms with Crippen molar-refractivity contribution in [2.75, 3.05) is 13.1 Å². The highest BCUT2D eigenvalue weighted by Gasteiger charge is 2.47. The first-order valence-corrected chi connectivity index (χ1v) is 12.6. The third kappa shape index (κ3) is 4.06. The molecule has 5 nitrogen and oxygen atoms in total. The normalized spacial score (nSPS) is 19.5. The zero-order chi connectivity index (χ0) is 24.6. The second-order valence-corrected chi connectivity index (χ2v) is 9.76. The van der Waals surface area contributed by atoms with E-state index in [4.69, 9.17) is 0 Å². The average molecular weight is 482 g/mol. The first kappa shape index (κ1) is 22.5. The number of para-hydroxylation sites is 1. The highest BCUT2D eigenvalue weighted by atomic mass is 19.1. The van der Waals surface area contributed by atoms with Gasteiger partial charge in [0.25, 0.3) is 0 Å². The molecule has 4 aromatic rings. The molecule has 0 aliphatic carbocycles. The number of aryl methyl sites for hydroxylation is 1. The molecule has 2 amide bonds. The molecule has 0 spiro atoms. The fourth-order valence-electron chi connectivity index (χ4n) is 5.80. The zero-order valence-electron chi connectivity index (χ0n) is 20.0. The maximum Gasteiger partial charge on any atom is 0.246 e. The van der Waals surface area contributed by atoms with Crippen LogP contribution in [0.15, 0.2) is 78.9 Å². The van der Waals surface area contributed by atoms with Crippen LogP contribution in [-0.4, -0.2) is 45.7 Å². The summed E-state index contributed by atoms with van der Waals surface area (Å²) in [5.74, 6) is -0.296. The summed E-state index contributed by atoms with van der Waals surface area (Å²) in [5, 5.41) is 1.13. The Morgan fingerprint density at radius 1 is 0.861 bits per heavy atom. The van der Waals surface area contributed by atoms with Gasteiger partial charge in [-0.05, 0) is 54.2 Å². The van der Waals surface area contributed by atoms with Gasteiger partial charge in [0.1, 0.15) is 11.9 Å². The number of benzene rings is 3. The number of amides is 2. The molecule has 1 N–H and O–H groups in total. The molecule has 0 radical (unpaired) electrons. The Kier molecular flexibility index (Phi) is 5.80. The minimum absolute atomic E-state index is 0.00245. The predicted octanol–water partition coefficient (Wildman–Crippen LogP) is 4.82. The van der Waals surface area contributed by atoms with Crippen LogP contribution in [0.4, 0.5) is 4.39 Å². The quantitative estimate of drug-likeness (QED) is 0.429. The number of nitrogens with one attached hydrogen (secondary N) is 1. The summed E-state index contributed by atoms with van der Waals surface area (Å²) < 4.78 is 13.3. The van der Waals surface area contributed by atoms with E-state index in [1.807, 2.05) is 35.2 Å². The van der Waals surface area contributed by atoms with Crippen LogP contribution in [0.3, 0.4) is 0 Å². The van der Waals surface area contributed by atoms with Crippen molar-refractivity contribution in [3.8, 4) is 0 Å². The van der Waals surface area contributed by atoms with Crippen molar-refractivity contribution < 1.29 is 14.0 Å². The third-order valence-corrected chi connectivity index (χ3v) is 7.59. The van der Waals surface area contributed by atoms with Crippen LogP contribution in [-0.2, 0) is 28.9 Å². The van der Waals surface area contributed by atoms with E-state index < -0.39 is 6.04 Å². The Hall–Kier alpha value is -3.93. The standard InChI is InChI=1S/C30H28FN3O2/c31-22-13-10-21(11-14-22)16-17-33-19-28(35)34-26(15-12-20-6-2-1-3-7-20)29-24(18-27(34)30(33)36)23-8-4-5-9-25(23)32-29/h1-11,13-14,26-27,32H,12,15-19H2/t26-,27-/m0/s1. The first-order valence-electron chi connectivity index (χ1n) is 12.6. The van der Waals surface area contributed by atoms with Gasteiger partial charge in [0.15, 0.2) is 0 Å². The van der Waals surface area contributed by atoms with E-state index in [0.29, 0.717) is 19.4 Å². The molecule has 36 heavy (non-hydrogen) atoms. The van der Waals surface area contributed by atoms with E-state index in [-0.39, 0.29) is 30.2 Å². The number of nitrogens with zero attached hydrogens (tertiary/aromatic N) is 2. The molecule has 0 saturated carbocycles. The predicted molar refractivity (Wildman–Crippen MR) is 137 cm³/mol. The minimum atomic E-state index is -0.507. The minimum Gasteiger partial charge on any atom is -0.356 e. The number of carbonyl (C=O) groups excluding carboxylic acids is 2. The number of piperazine rings is 1. The van der Waals surface area contributed by atoms with E-state index >= 15 is 0 Å². The first-order chi connectivity index (χ1) is 17.6. The number of hydrogen-bond donors (Lipinski definition) is 1. The lowest BCUT2D eigenvalue weighted by Crippen LogP contribution is -2.63. The van der Waals surface area contributed by atoms with Gasteiger partial charge in [0.2, 0.25) is 11.8 Å². The van der Waals surface area contributed by atoms with Gasteiger partial charge in [-0.3, -0.25) is 9.59 Å². The molecule has 6 heteroatoms. The van der Waals surface area contributed by atoms with E-state index in [1.54, 1.807) is 17.0 Å². The van der Waals surface area contributed by atoms with Crippen LogP contribution in [0.2, 0.25) is 0 Å². The molecule has 1 aromatic heterocycles. The molecule has 0 unspecified atom stereocenters. The summed E-state index contributed by atoms with van der Waals surface area (Å²) in [5.41, 5.74) is 5.41. The Morgan fingerprint density at radius 2 is 1.58 bits per heavy atom. The fourth-order valence-corrected chi connectivity index (χ4v) is 5.80. The molecular formula is C30H28FN3O2. The number of aromatic nitrogens is 1. The van der Waals surface area contributed by atoms with E-state index in [9.17, 15) is 14.0 Å². The highest BCUT2D eigenvalue weighted by Crippen LogP contribution is 2.41. The molecule has 2 aliphatic heterocycles. The van der Waals surface area contributed by atoms with Crippen LogP contribution in [0.5, 0.6) is 0 Å². The van der Waals surface area contributed by atoms with Gasteiger partial charge in [-0.1, -0.05) is 60.7 Å². The second kappa shape index (κ2) is 9.26. The van der Waals surface area contributed by atoms with Crippen LogP contribution in [0.25, 0.3) is 10.9 Å². The fraction of sp³-hybridized carbons (Fsp3) is 0.267. The smallest absolute Gasteiger partial charge is 0.246 e. The maximum absolute atomic E-state index is 13.7. The number of rotatable bonds is 6. The van der Waals surface area contributed by atoms with E-state index in [1.165, 1.54) is 17.7 Å². The molecule has 1 saturated heterocycles. The van der Waals surface area contributed by atoms with Crippen molar-refractivity contribution in [3.05, 3.63) is 107 Å². The Bertz CT molecular complexity index is 1410. The average Bonchev–Trinajstić information content (AvgIpc) is 3.28. The molecule has 2 aliphatic rings. The lowest BCUT2D eigenvalue weighted by molar-refractivity contribution is -0.159. The molecular weight excluding hydrogens is 453 g/mol. The summed E-state index contributed by atoms with van der Waals surface area (Å²) in [6.07, 6.45) is 2.66. The Morgan fingerprint density at radius 3 is 2.39 bits per heavy atom. The number of aromatic amines is 1. The summed E-state index contributed by atoms with van der Waals surface area (Å²) in [4.78, 5) is 34.4. The van der Waals surface area contributed by atoms with Crippen LogP contribution in [0, 0.1) is 5.82 Å². The SMILES string of the molecule is O=C1[C@@H]2Cc3c([nH]c4ccccc34)[C@H](CCc3ccccc3)N2C(=O)CN1CCc1ccc(F)cc1. The highest BCUT2D eigenvalue weighted by molar-refractivity contribution is 5.97. The summed E-state index contributed by atoms with van der Waals surface area (Å²) >= 11 is 0.